The summed E-state index contributed by atoms with van der Waals surface area (Å²) in [6.07, 6.45) is 0. The molecule has 0 aliphatic heterocycles. The van der Waals surface area contributed by atoms with Crippen molar-refractivity contribution < 1.29 is 0 Å². The number of aryl methyl sites for hydroxylation is 1. The zero-order chi connectivity index (χ0) is 14.8. The normalized spacial score (nSPS) is 10.6. The first-order valence-corrected chi connectivity index (χ1v) is 6.88. The van der Waals surface area contributed by atoms with E-state index in [0.717, 1.165) is 16.7 Å². The van der Waals surface area contributed by atoms with Crippen LogP contribution in [-0.2, 0) is 0 Å². The molecule has 0 saturated carbocycles. The van der Waals surface area contributed by atoms with Crippen LogP contribution in [0.2, 0.25) is 0 Å². The number of nitrogens with one attached hydrogen (secondary N) is 1. The van der Waals surface area contributed by atoms with Crippen LogP contribution in [0.15, 0.2) is 59.4 Å². The van der Waals surface area contributed by atoms with Crippen LogP contribution in [-0.4, -0.2) is 9.97 Å². The Labute approximate surface area is 123 Å². The average Bonchev–Trinajstić information content (AvgIpc) is 2.50. The van der Waals surface area contributed by atoms with Gasteiger partial charge in [-0.1, -0.05) is 48.5 Å². The second-order valence-electron chi connectivity index (χ2n) is 5.09. The zero-order valence-corrected chi connectivity index (χ0v) is 12.1. The number of hydrogen-bond donors (Lipinski definition) is 1. The molecule has 0 spiro atoms. The molecule has 0 fully saturated rings. The van der Waals surface area contributed by atoms with E-state index in [1.165, 1.54) is 5.56 Å². The van der Waals surface area contributed by atoms with Gasteiger partial charge in [0.2, 0.25) is 0 Å². The summed E-state index contributed by atoms with van der Waals surface area (Å²) in [7, 11) is 0. The molecule has 0 aliphatic carbocycles. The quantitative estimate of drug-likeness (QED) is 0.775. The van der Waals surface area contributed by atoms with Gasteiger partial charge in [-0.3, -0.25) is 4.79 Å². The Morgan fingerprint density at radius 2 is 1.71 bits per heavy atom. The molecule has 3 heteroatoms. The van der Waals surface area contributed by atoms with Gasteiger partial charge in [-0.05, 0) is 25.0 Å². The highest BCUT2D eigenvalue weighted by atomic mass is 16.1. The molecule has 1 N–H and O–H groups in total. The number of H-pyrrole nitrogens is 1. The highest BCUT2D eigenvalue weighted by Gasteiger charge is 2.09. The van der Waals surface area contributed by atoms with Gasteiger partial charge in [0, 0.05) is 17.2 Å². The number of hydrogen-bond acceptors (Lipinski definition) is 2. The maximum atomic E-state index is 12.0. The van der Waals surface area contributed by atoms with Crippen LogP contribution in [0.5, 0.6) is 0 Å². The second-order valence-corrected chi connectivity index (χ2v) is 5.09. The Kier molecular flexibility index (Phi) is 3.40. The van der Waals surface area contributed by atoms with E-state index in [1.54, 1.807) is 6.07 Å². The number of rotatable bonds is 2. The van der Waals surface area contributed by atoms with Gasteiger partial charge in [0.05, 0.1) is 5.69 Å². The standard InChI is InChI=1S/C18H16N2O/c1-12-7-6-10-15(13(12)2)16-11-17(21)20-18(19-16)14-8-4-3-5-9-14/h3-11H,1-2H3,(H,19,20,21). The molecule has 2 aromatic carbocycles. The molecule has 1 heterocycles. The Morgan fingerprint density at radius 3 is 2.48 bits per heavy atom. The van der Waals surface area contributed by atoms with E-state index in [1.807, 2.05) is 42.5 Å². The summed E-state index contributed by atoms with van der Waals surface area (Å²) in [6.45, 7) is 4.11. The van der Waals surface area contributed by atoms with Crippen molar-refractivity contribution in [2.45, 2.75) is 13.8 Å². The lowest BCUT2D eigenvalue weighted by molar-refractivity contribution is 1.13. The van der Waals surface area contributed by atoms with Gasteiger partial charge in [-0.25, -0.2) is 4.98 Å². The molecule has 0 radical (unpaired) electrons. The Morgan fingerprint density at radius 1 is 0.952 bits per heavy atom. The minimum atomic E-state index is -0.139. The fourth-order valence-electron chi connectivity index (χ4n) is 2.36. The van der Waals surface area contributed by atoms with Crippen molar-refractivity contribution in [3.05, 3.63) is 76.1 Å². The summed E-state index contributed by atoms with van der Waals surface area (Å²) in [5, 5.41) is 0. The second kappa shape index (κ2) is 5.37. The van der Waals surface area contributed by atoms with Gasteiger partial charge in [0.25, 0.3) is 5.56 Å². The third-order valence-electron chi connectivity index (χ3n) is 3.67. The molecule has 3 rings (SSSR count). The molecule has 0 aliphatic rings. The molecule has 104 valence electrons. The first-order valence-electron chi connectivity index (χ1n) is 6.88. The predicted molar refractivity (Wildman–Crippen MR) is 85.2 cm³/mol. The van der Waals surface area contributed by atoms with Crippen LogP contribution < -0.4 is 5.56 Å². The summed E-state index contributed by atoms with van der Waals surface area (Å²) >= 11 is 0. The van der Waals surface area contributed by atoms with Crippen LogP contribution in [0, 0.1) is 13.8 Å². The molecular weight excluding hydrogens is 260 g/mol. The molecule has 0 atom stereocenters. The molecule has 0 amide bonds. The maximum Gasteiger partial charge on any atom is 0.251 e. The van der Waals surface area contributed by atoms with Crippen molar-refractivity contribution in [1.82, 2.24) is 9.97 Å². The molecular formula is C18H16N2O. The lowest BCUT2D eigenvalue weighted by Gasteiger charge is -2.09. The van der Waals surface area contributed by atoms with Gasteiger partial charge in [0.15, 0.2) is 0 Å². The zero-order valence-electron chi connectivity index (χ0n) is 12.1. The van der Waals surface area contributed by atoms with Crippen LogP contribution in [0.1, 0.15) is 11.1 Å². The van der Waals surface area contributed by atoms with E-state index in [9.17, 15) is 4.79 Å². The maximum absolute atomic E-state index is 12.0. The van der Waals surface area contributed by atoms with Crippen molar-refractivity contribution in [2.24, 2.45) is 0 Å². The summed E-state index contributed by atoms with van der Waals surface area (Å²) in [6, 6.07) is 17.3. The summed E-state index contributed by atoms with van der Waals surface area (Å²) in [5.74, 6) is 0.596. The molecule has 3 aromatic rings. The number of benzene rings is 2. The van der Waals surface area contributed by atoms with Crippen LogP contribution >= 0.6 is 0 Å². The topological polar surface area (TPSA) is 45.8 Å². The van der Waals surface area contributed by atoms with Crippen molar-refractivity contribution in [3.63, 3.8) is 0 Å². The Hall–Kier alpha value is -2.68. The van der Waals surface area contributed by atoms with Crippen molar-refractivity contribution >= 4 is 0 Å². The van der Waals surface area contributed by atoms with Crippen molar-refractivity contribution in [3.8, 4) is 22.6 Å². The van der Waals surface area contributed by atoms with E-state index in [2.05, 4.69) is 29.9 Å². The van der Waals surface area contributed by atoms with Gasteiger partial charge in [-0.2, -0.15) is 0 Å². The third-order valence-corrected chi connectivity index (χ3v) is 3.67. The molecule has 1 aromatic heterocycles. The highest BCUT2D eigenvalue weighted by molar-refractivity contribution is 5.67. The van der Waals surface area contributed by atoms with E-state index in [0.29, 0.717) is 11.5 Å². The Balaban J connectivity index is 2.19. The molecule has 0 unspecified atom stereocenters. The minimum Gasteiger partial charge on any atom is -0.306 e. The molecule has 21 heavy (non-hydrogen) atoms. The third kappa shape index (κ3) is 2.63. The summed E-state index contributed by atoms with van der Waals surface area (Å²) in [5.41, 5.74) is 4.81. The molecule has 0 bridgehead atoms. The smallest absolute Gasteiger partial charge is 0.251 e. The first-order chi connectivity index (χ1) is 10.1. The molecule has 0 saturated heterocycles. The van der Waals surface area contributed by atoms with Gasteiger partial charge in [-0.15, -0.1) is 0 Å². The van der Waals surface area contributed by atoms with E-state index in [4.69, 9.17) is 0 Å². The number of aromatic nitrogens is 2. The fourth-order valence-corrected chi connectivity index (χ4v) is 2.36. The number of aromatic amines is 1. The predicted octanol–water partition coefficient (Wildman–Crippen LogP) is 3.72. The Bertz CT molecular complexity index is 835. The first kappa shape index (κ1) is 13.3. The highest BCUT2D eigenvalue weighted by Crippen LogP contribution is 2.24. The van der Waals surface area contributed by atoms with E-state index >= 15 is 0 Å². The number of nitrogens with zero attached hydrogens (tertiary/aromatic N) is 1. The largest absolute Gasteiger partial charge is 0.306 e. The van der Waals surface area contributed by atoms with Crippen molar-refractivity contribution in [2.75, 3.05) is 0 Å². The van der Waals surface area contributed by atoms with Gasteiger partial charge >= 0.3 is 0 Å². The molecule has 3 nitrogen and oxygen atoms in total. The van der Waals surface area contributed by atoms with Gasteiger partial charge in [0.1, 0.15) is 5.82 Å². The van der Waals surface area contributed by atoms with Crippen LogP contribution in [0.3, 0.4) is 0 Å². The monoisotopic (exact) mass is 276 g/mol. The minimum absolute atomic E-state index is 0.139. The van der Waals surface area contributed by atoms with E-state index in [-0.39, 0.29) is 5.56 Å². The van der Waals surface area contributed by atoms with Crippen LogP contribution in [0.4, 0.5) is 0 Å². The van der Waals surface area contributed by atoms with Crippen molar-refractivity contribution in [1.29, 1.82) is 0 Å². The van der Waals surface area contributed by atoms with Gasteiger partial charge < -0.3 is 4.98 Å². The average molecular weight is 276 g/mol. The summed E-state index contributed by atoms with van der Waals surface area (Å²) < 4.78 is 0. The lowest BCUT2D eigenvalue weighted by atomic mass is 10.0. The van der Waals surface area contributed by atoms with Crippen LogP contribution in [0.25, 0.3) is 22.6 Å². The van der Waals surface area contributed by atoms with E-state index < -0.39 is 0 Å². The summed E-state index contributed by atoms with van der Waals surface area (Å²) in [4.78, 5) is 19.4. The SMILES string of the molecule is Cc1cccc(-c2cc(=O)[nH]c(-c3ccccc3)n2)c1C. The fraction of sp³-hybridized carbons (Fsp3) is 0.111. The lowest BCUT2D eigenvalue weighted by Crippen LogP contribution is -2.09.